The number of esters is 1. The molecule has 0 aliphatic rings. The van der Waals surface area contributed by atoms with Gasteiger partial charge in [0, 0.05) is 16.5 Å². The third-order valence-corrected chi connectivity index (χ3v) is 6.35. The van der Waals surface area contributed by atoms with Crippen molar-refractivity contribution in [3.8, 4) is 22.6 Å². The van der Waals surface area contributed by atoms with Gasteiger partial charge >= 0.3 is 5.97 Å². The fraction of sp³-hybridized carbons (Fsp3) is 0.200. The number of benzene rings is 2. The van der Waals surface area contributed by atoms with E-state index in [2.05, 4.69) is 21.2 Å². The van der Waals surface area contributed by atoms with Gasteiger partial charge in [0.15, 0.2) is 11.5 Å². The molecule has 33 heavy (non-hydrogen) atoms. The molecule has 3 rings (SSSR count). The van der Waals surface area contributed by atoms with Gasteiger partial charge < -0.3 is 19.5 Å². The number of thiophene rings is 1. The zero-order valence-electron chi connectivity index (χ0n) is 18.7. The summed E-state index contributed by atoms with van der Waals surface area (Å²) in [4.78, 5) is 26.2. The third kappa shape index (κ3) is 5.64. The highest BCUT2D eigenvalue weighted by Crippen LogP contribution is 2.40. The number of hydrogen-bond acceptors (Lipinski definition) is 6. The summed E-state index contributed by atoms with van der Waals surface area (Å²) in [6.07, 6.45) is 3.06. The van der Waals surface area contributed by atoms with Crippen molar-refractivity contribution >= 4 is 50.2 Å². The first-order valence-corrected chi connectivity index (χ1v) is 11.8. The maximum absolute atomic E-state index is 12.7. The highest BCUT2D eigenvalue weighted by molar-refractivity contribution is 9.10. The molecule has 172 valence electrons. The fourth-order valence-electron chi connectivity index (χ4n) is 3.33. The lowest BCUT2D eigenvalue weighted by molar-refractivity contribution is -0.111. The second-order valence-electron chi connectivity index (χ2n) is 6.88. The van der Waals surface area contributed by atoms with Gasteiger partial charge in [-0.2, -0.15) is 0 Å². The summed E-state index contributed by atoms with van der Waals surface area (Å²) < 4.78 is 16.7. The molecule has 8 heteroatoms. The van der Waals surface area contributed by atoms with E-state index < -0.39 is 5.97 Å². The Morgan fingerprint density at radius 2 is 1.88 bits per heavy atom. The van der Waals surface area contributed by atoms with Crippen LogP contribution in [-0.2, 0) is 9.53 Å². The van der Waals surface area contributed by atoms with Crippen LogP contribution in [0.3, 0.4) is 0 Å². The average Bonchev–Trinajstić information content (AvgIpc) is 3.14. The largest absolute Gasteiger partial charge is 0.493 e. The van der Waals surface area contributed by atoms with Crippen LogP contribution in [0.4, 0.5) is 5.00 Å². The Kier molecular flexibility index (Phi) is 8.30. The zero-order valence-corrected chi connectivity index (χ0v) is 21.1. The third-order valence-electron chi connectivity index (χ3n) is 4.74. The minimum absolute atomic E-state index is 0.346. The SMILES string of the molecule is CCOc1c(Br)cc(C=CC(=O)Nc2sc(C)c(-c3ccccc3)c2C(=O)OC)cc1OC. The number of aryl methyl sites for hydroxylation is 1. The molecule has 0 aliphatic heterocycles. The van der Waals surface area contributed by atoms with Crippen LogP contribution in [0, 0.1) is 6.92 Å². The maximum atomic E-state index is 12.7. The fourth-order valence-corrected chi connectivity index (χ4v) is 4.97. The second-order valence-corrected chi connectivity index (χ2v) is 8.96. The summed E-state index contributed by atoms with van der Waals surface area (Å²) >= 11 is 4.81. The second kappa shape index (κ2) is 11.2. The van der Waals surface area contributed by atoms with E-state index in [0.717, 1.165) is 26.0 Å². The molecule has 1 aromatic heterocycles. The monoisotopic (exact) mass is 529 g/mol. The van der Waals surface area contributed by atoms with Crippen LogP contribution >= 0.6 is 27.3 Å². The highest BCUT2D eigenvalue weighted by Gasteiger charge is 2.24. The van der Waals surface area contributed by atoms with Crippen molar-refractivity contribution in [2.75, 3.05) is 26.1 Å². The van der Waals surface area contributed by atoms with E-state index in [1.54, 1.807) is 19.3 Å². The molecule has 3 aromatic rings. The number of carbonyl (C=O) groups excluding carboxylic acids is 2. The van der Waals surface area contributed by atoms with Crippen LogP contribution < -0.4 is 14.8 Å². The number of methoxy groups -OCH3 is 2. The lowest BCUT2D eigenvalue weighted by Crippen LogP contribution is -2.11. The molecule has 0 saturated heterocycles. The van der Waals surface area contributed by atoms with Gasteiger partial charge in [-0.15, -0.1) is 11.3 Å². The normalized spacial score (nSPS) is 10.8. The number of nitrogens with one attached hydrogen (secondary N) is 1. The first kappa shape index (κ1) is 24.5. The molecule has 0 bridgehead atoms. The minimum atomic E-state index is -0.502. The van der Waals surface area contributed by atoms with Crippen LogP contribution in [0.15, 0.2) is 53.0 Å². The van der Waals surface area contributed by atoms with Crippen molar-refractivity contribution in [3.63, 3.8) is 0 Å². The maximum Gasteiger partial charge on any atom is 0.341 e. The Hall–Kier alpha value is -3.10. The van der Waals surface area contributed by atoms with Gasteiger partial charge in [-0.1, -0.05) is 30.3 Å². The number of amides is 1. The first-order chi connectivity index (χ1) is 15.9. The molecule has 0 atom stereocenters. The summed E-state index contributed by atoms with van der Waals surface area (Å²) in [5.41, 5.74) is 2.73. The summed E-state index contributed by atoms with van der Waals surface area (Å²) in [5.74, 6) is 0.287. The number of halogens is 1. The van der Waals surface area contributed by atoms with E-state index in [1.165, 1.54) is 24.5 Å². The van der Waals surface area contributed by atoms with Crippen molar-refractivity contribution in [2.24, 2.45) is 0 Å². The highest BCUT2D eigenvalue weighted by atomic mass is 79.9. The van der Waals surface area contributed by atoms with Crippen LogP contribution in [0.1, 0.15) is 27.7 Å². The molecule has 0 radical (unpaired) electrons. The number of ether oxygens (including phenoxy) is 3. The number of anilines is 1. The Morgan fingerprint density at radius 1 is 1.15 bits per heavy atom. The average molecular weight is 530 g/mol. The molecular formula is C25H24BrNO5S. The van der Waals surface area contributed by atoms with Gasteiger partial charge in [-0.3, -0.25) is 4.79 Å². The van der Waals surface area contributed by atoms with Crippen molar-refractivity contribution in [1.29, 1.82) is 0 Å². The molecule has 0 saturated carbocycles. The summed E-state index contributed by atoms with van der Waals surface area (Å²) in [6.45, 7) is 4.30. The zero-order chi connectivity index (χ0) is 24.0. The standard InChI is InChI=1S/C25H24BrNO5S/c1-5-32-23-18(26)13-16(14-19(23)30-3)11-12-20(28)27-24-22(25(29)31-4)21(15(2)33-24)17-9-7-6-8-10-17/h6-14H,5H2,1-4H3,(H,27,28). The predicted molar refractivity (Wildman–Crippen MR) is 135 cm³/mol. The van der Waals surface area contributed by atoms with Gasteiger partial charge in [0.1, 0.15) is 10.6 Å². The van der Waals surface area contributed by atoms with Crippen molar-refractivity contribution in [2.45, 2.75) is 13.8 Å². The summed E-state index contributed by atoms with van der Waals surface area (Å²) in [7, 11) is 2.88. The van der Waals surface area contributed by atoms with Crippen molar-refractivity contribution in [1.82, 2.24) is 0 Å². The number of rotatable bonds is 8. The molecule has 1 heterocycles. The molecule has 6 nitrogen and oxygen atoms in total. The van der Waals surface area contributed by atoms with Crippen molar-refractivity contribution < 1.29 is 23.8 Å². The van der Waals surface area contributed by atoms with Crippen LogP contribution in [0.25, 0.3) is 17.2 Å². The quantitative estimate of drug-likeness (QED) is 0.272. The Balaban J connectivity index is 1.89. The minimum Gasteiger partial charge on any atom is -0.493 e. The number of hydrogen-bond donors (Lipinski definition) is 1. The van der Waals surface area contributed by atoms with Gasteiger partial charge in [-0.25, -0.2) is 4.79 Å². The van der Waals surface area contributed by atoms with E-state index in [4.69, 9.17) is 14.2 Å². The molecule has 1 N–H and O–H groups in total. The Morgan fingerprint density at radius 3 is 2.52 bits per heavy atom. The lowest BCUT2D eigenvalue weighted by Gasteiger charge is -2.12. The Labute approximate surface area is 205 Å². The molecule has 0 fully saturated rings. The first-order valence-electron chi connectivity index (χ1n) is 10.2. The smallest absolute Gasteiger partial charge is 0.341 e. The summed E-state index contributed by atoms with van der Waals surface area (Å²) in [5, 5.41) is 3.27. The van der Waals surface area contributed by atoms with Gasteiger partial charge in [0.2, 0.25) is 5.91 Å². The molecule has 0 aliphatic carbocycles. The van der Waals surface area contributed by atoms with Gasteiger partial charge in [0.25, 0.3) is 0 Å². The summed E-state index contributed by atoms with van der Waals surface area (Å²) in [6, 6.07) is 13.2. The van der Waals surface area contributed by atoms with E-state index in [-0.39, 0.29) is 5.91 Å². The topological polar surface area (TPSA) is 73.9 Å². The number of carbonyl (C=O) groups is 2. The van der Waals surface area contributed by atoms with Crippen LogP contribution in [0.5, 0.6) is 11.5 Å². The van der Waals surface area contributed by atoms with E-state index >= 15 is 0 Å². The van der Waals surface area contributed by atoms with Crippen LogP contribution in [0.2, 0.25) is 0 Å². The van der Waals surface area contributed by atoms with E-state index in [1.807, 2.05) is 50.2 Å². The van der Waals surface area contributed by atoms with E-state index in [9.17, 15) is 9.59 Å². The van der Waals surface area contributed by atoms with Gasteiger partial charge in [0.05, 0.1) is 25.3 Å². The van der Waals surface area contributed by atoms with Crippen molar-refractivity contribution in [3.05, 3.63) is 69.0 Å². The van der Waals surface area contributed by atoms with Crippen LogP contribution in [-0.4, -0.2) is 32.7 Å². The predicted octanol–water partition coefficient (Wildman–Crippen LogP) is 6.33. The van der Waals surface area contributed by atoms with E-state index in [0.29, 0.717) is 28.7 Å². The van der Waals surface area contributed by atoms with Gasteiger partial charge in [-0.05, 0) is 59.1 Å². The molecule has 1 amide bonds. The molecule has 0 unspecified atom stereocenters. The lowest BCUT2D eigenvalue weighted by atomic mass is 10.0. The molecule has 2 aromatic carbocycles. The molecule has 0 spiro atoms. The molecular weight excluding hydrogens is 506 g/mol. The Bertz CT molecular complexity index is 1190.